The van der Waals surface area contributed by atoms with Crippen molar-refractivity contribution >= 4 is 11.0 Å². The molecule has 2 N–H and O–H groups in total. The lowest BCUT2D eigenvalue weighted by Gasteiger charge is -2.12. The van der Waals surface area contributed by atoms with Crippen LogP contribution in [0.2, 0.25) is 0 Å². The van der Waals surface area contributed by atoms with Crippen LogP contribution in [0.25, 0.3) is 11.0 Å². The van der Waals surface area contributed by atoms with Gasteiger partial charge in [0.25, 0.3) is 0 Å². The van der Waals surface area contributed by atoms with Crippen molar-refractivity contribution in [3.8, 4) is 5.75 Å². The first-order chi connectivity index (χ1) is 9.20. The smallest absolute Gasteiger partial charge is 0.158 e. The van der Waals surface area contributed by atoms with Crippen molar-refractivity contribution in [2.24, 2.45) is 0 Å². The van der Waals surface area contributed by atoms with Gasteiger partial charge in [-0.2, -0.15) is 0 Å². The third kappa shape index (κ3) is 3.43. The van der Waals surface area contributed by atoms with E-state index in [1.807, 2.05) is 0 Å². The first-order valence-corrected chi connectivity index (χ1v) is 5.75. The van der Waals surface area contributed by atoms with Gasteiger partial charge < -0.3 is 19.8 Å². The van der Waals surface area contributed by atoms with E-state index in [1.54, 1.807) is 24.3 Å². The molecule has 0 radical (unpaired) electrons. The fourth-order valence-corrected chi connectivity index (χ4v) is 1.54. The standard InChI is InChI=1S/C12H15N3O4/c1-2-6-18-7-9(16)8-19-11-5-3-4-10-12(11)14-15(17)13-10/h2-5,9,16-17H,1,6-8H2. The molecule has 0 saturated carbocycles. The molecule has 0 aliphatic rings. The molecule has 1 heterocycles. The van der Waals surface area contributed by atoms with E-state index in [1.165, 1.54) is 0 Å². The molecule has 0 saturated heterocycles. The van der Waals surface area contributed by atoms with Gasteiger partial charge in [-0.05, 0) is 17.1 Å². The molecule has 19 heavy (non-hydrogen) atoms. The number of fused-ring (bicyclic) bond motifs is 1. The lowest BCUT2D eigenvalue weighted by Crippen LogP contribution is -2.23. The highest BCUT2D eigenvalue weighted by atomic mass is 16.5. The molecule has 0 aliphatic carbocycles. The fraction of sp³-hybridized carbons (Fsp3) is 0.333. The van der Waals surface area contributed by atoms with Crippen LogP contribution in [0.15, 0.2) is 30.9 Å². The number of nitrogens with zero attached hydrogens (tertiary/aromatic N) is 3. The van der Waals surface area contributed by atoms with Crippen molar-refractivity contribution in [2.75, 3.05) is 19.8 Å². The number of ether oxygens (including phenoxy) is 2. The third-order valence-corrected chi connectivity index (χ3v) is 2.34. The van der Waals surface area contributed by atoms with E-state index < -0.39 is 6.10 Å². The number of rotatable bonds is 7. The number of aromatic nitrogens is 3. The summed E-state index contributed by atoms with van der Waals surface area (Å²) in [5.74, 6) is 0.445. The second-order valence-corrected chi connectivity index (χ2v) is 3.88. The zero-order valence-corrected chi connectivity index (χ0v) is 10.3. The van der Waals surface area contributed by atoms with Crippen LogP contribution in [-0.4, -0.2) is 51.4 Å². The van der Waals surface area contributed by atoms with Gasteiger partial charge in [0.2, 0.25) is 0 Å². The van der Waals surface area contributed by atoms with Crippen molar-refractivity contribution in [1.29, 1.82) is 0 Å². The van der Waals surface area contributed by atoms with Crippen molar-refractivity contribution in [3.05, 3.63) is 30.9 Å². The SMILES string of the molecule is C=CCOCC(O)COc1cccc2nn(O)nc12. The first kappa shape index (κ1) is 13.3. The maximum absolute atomic E-state index is 9.64. The first-order valence-electron chi connectivity index (χ1n) is 5.75. The minimum absolute atomic E-state index is 0.0640. The molecule has 1 atom stereocenters. The Balaban J connectivity index is 1.95. The summed E-state index contributed by atoms with van der Waals surface area (Å²) in [6.07, 6.45) is 0.854. The lowest BCUT2D eigenvalue weighted by atomic mass is 10.3. The van der Waals surface area contributed by atoms with E-state index in [-0.39, 0.29) is 13.2 Å². The van der Waals surface area contributed by atoms with Crippen LogP contribution in [0.3, 0.4) is 0 Å². The van der Waals surface area contributed by atoms with Gasteiger partial charge in [0.05, 0.1) is 13.2 Å². The molecular formula is C12H15N3O4. The monoisotopic (exact) mass is 265 g/mol. The van der Waals surface area contributed by atoms with Gasteiger partial charge in [-0.25, -0.2) is 0 Å². The summed E-state index contributed by atoms with van der Waals surface area (Å²) in [5, 5.41) is 26.3. The summed E-state index contributed by atoms with van der Waals surface area (Å²) < 4.78 is 10.5. The summed E-state index contributed by atoms with van der Waals surface area (Å²) in [5.41, 5.74) is 0.946. The van der Waals surface area contributed by atoms with Crippen LogP contribution in [-0.2, 0) is 4.74 Å². The zero-order valence-electron chi connectivity index (χ0n) is 10.3. The van der Waals surface area contributed by atoms with Gasteiger partial charge in [0.1, 0.15) is 24.0 Å². The Morgan fingerprint density at radius 3 is 3.00 bits per heavy atom. The Labute approximate surface area is 109 Å². The number of hydrogen-bond acceptors (Lipinski definition) is 6. The summed E-state index contributed by atoms with van der Waals surface area (Å²) in [7, 11) is 0. The average molecular weight is 265 g/mol. The summed E-state index contributed by atoms with van der Waals surface area (Å²) in [6, 6.07) is 5.12. The van der Waals surface area contributed by atoms with Crippen LogP contribution in [0.4, 0.5) is 0 Å². The topological polar surface area (TPSA) is 89.6 Å². The van der Waals surface area contributed by atoms with Gasteiger partial charge in [0, 0.05) is 0 Å². The van der Waals surface area contributed by atoms with E-state index in [0.29, 0.717) is 28.3 Å². The molecule has 0 bridgehead atoms. The number of benzene rings is 1. The van der Waals surface area contributed by atoms with Crippen LogP contribution in [0.1, 0.15) is 0 Å². The Morgan fingerprint density at radius 1 is 1.37 bits per heavy atom. The second kappa shape index (κ2) is 6.17. The van der Waals surface area contributed by atoms with E-state index in [9.17, 15) is 5.11 Å². The highest BCUT2D eigenvalue weighted by Crippen LogP contribution is 2.21. The fourth-order valence-electron chi connectivity index (χ4n) is 1.54. The molecule has 2 rings (SSSR count). The van der Waals surface area contributed by atoms with Gasteiger partial charge in [-0.3, -0.25) is 0 Å². The van der Waals surface area contributed by atoms with Gasteiger partial charge in [-0.1, -0.05) is 12.1 Å². The molecule has 7 nitrogen and oxygen atoms in total. The predicted molar refractivity (Wildman–Crippen MR) is 67.2 cm³/mol. The van der Waals surface area contributed by atoms with Crippen LogP contribution in [0, 0.1) is 0 Å². The number of aliphatic hydroxyl groups is 1. The lowest BCUT2D eigenvalue weighted by molar-refractivity contribution is 0.0216. The molecule has 1 aromatic heterocycles. The molecule has 1 aromatic carbocycles. The Morgan fingerprint density at radius 2 is 2.21 bits per heavy atom. The van der Waals surface area contributed by atoms with Crippen molar-refractivity contribution < 1.29 is 19.8 Å². The van der Waals surface area contributed by atoms with E-state index in [0.717, 1.165) is 0 Å². The average Bonchev–Trinajstić information content (AvgIpc) is 2.77. The molecule has 102 valence electrons. The van der Waals surface area contributed by atoms with E-state index in [2.05, 4.69) is 16.8 Å². The molecule has 0 amide bonds. The largest absolute Gasteiger partial charge is 0.488 e. The van der Waals surface area contributed by atoms with Crippen LogP contribution in [0.5, 0.6) is 5.75 Å². The van der Waals surface area contributed by atoms with Gasteiger partial charge >= 0.3 is 0 Å². The summed E-state index contributed by atoms with van der Waals surface area (Å²) >= 11 is 0. The minimum atomic E-state index is -0.751. The molecule has 0 fully saturated rings. The van der Waals surface area contributed by atoms with Crippen LogP contribution >= 0.6 is 0 Å². The van der Waals surface area contributed by atoms with Crippen LogP contribution < -0.4 is 4.74 Å². The third-order valence-electron chi connectivity index (χ3n) is 2.34. The van der Waals surface area contributed by atoms with Crippen molar-refractivity contribution in [3.63, 3.8) is 0 Å². The Hall–Kier alpha value is -2.12. The van der Waals surface area contributed by atoms with E-state index >= 15 is 0 Å². The minimum Gasteiger partial charge on any atom is -0.488 e. The second-order valence-electron chi connectivity index (χ2n) is 3.88. The Kier molecular flexibility index (Phi) is 4.32. The molecule has 1 unspecified atom stereocenters. The highest BCUT2D eigenvalue weighted by Gasteiger charge is 2.10. The zero-order chi connectivity index (χ0) is 13.7. The van der Waals surface area contributed by atoms with Gasteiger partial charge in [-0.15, -0.1) is 16.8 Å². The molecule has 2 aromatic rings. The van der Waals surface area contributed by atoms with Crippen molar-refractivity contribution in [2.45, 2.75) is 6.10 Å². The molecule has 0 spiro atoms. The Bertz CT molecular complexity index is 555. The highest BCUT2D eigenvalue weighted by molar-refractivity contribution is 5.80. The number of aliphatic hydroxyl groups excluding tert-OH is 1. The molecule has 0 aliphatic heterocycles. The molecular weight excluding hydrogens is 250 g/mol. The van der Waals surface area contributed by atoms with Gasteiger partial charge in [0.15, 0.2) is 5.52 Å². The normalized spacial score (nSPS) is 12.5. The quantitative estimate of drug-likeness (QED) is 0.433. The predicted octanol–water partition coefficient (Wildman–Crippen LogP) is 0.611. The van der Waals surface area contributed by atoms with Crippen molar-refractivity contribution in [1.82, 2.24) is 15.2 Å². The maximum atomic E-state index is 9.64. The summed E-state index contributed by atoms with van der Waals surface area (Å²) in [4.78, 5) is 0.487. The summed E-state index contributed by atoms with van der Waals surface area (Å²) in [6.45, 7) is 4.11. The number of hydrogen-bond donors (Lipinski definition) is 2. The van der Waals surface area contributed by atoms with E-state index in [4.69, 9.17) is 14.7 Å². The molecule has 7 heteroatoms. The maximum Gasteiger partial charge on any atom is 0.158 e.